The van der Waals surface area contributed by atoms with Crippen molar-refractivity contribution < 1.29 is 14.9 Å². The van der Waals surface area contributed by atoms with E-state index in [1.165, 1.54) is 24.8 Å². The van der Waals surface area contributed by atoms with Gasteiger partial charge in [0.15, 0.2) is 0 Å². The second-order valence-electron chi connectivity index (χ2n) is 3.53. The first-order valence-electron chi connectivity index (χ1n) is 5.22. The fraction of sp³-hybridized carbons (Fsp3) is 0.417. The van der Waals surface area contributed by atoms with Gasteiger partial charge in [0.05, 0.1) is 5.56 Å². The molecule has 3 nitrogen and oxygen atoms in total. The van der Waals surface area contributed by atoms with Crippen LogP contribution in [0.15, 0.2) is 24.3 Å². The highest BCUT2D eigenvalue weighted by Gasteiger charge is 2.05. The molecule has 1 aromatic rings. The molecule has 0 aliphatic carbocycles. The molecule has 0 bridgehead atoms. The molecule has 82 valence electrons. The molecule has 0 amide bonds. The summed E-state index contributed by atoms with van der Waals surface area (Å²) in [6.45, 7) is 2.17. The molecule has 0 heterocycles. The average molecular weight is 208 g/mol. The van der Waals surface area contributed by atoms with Gasteiger partial charge in [0.25, 0.3) is 0 Å². The minimum absolute atomic E-state index is 0.372. The number of aryl methyl sites for hydroxylation is 1. The fourth-order valence-electron chi connectivity index (χ4n) is 1.44. The van der Waals surface area contributed by atoms with Crippen LogP contribution < -0.4 is 0 Å². The van der Waals surface area contributed by atoms with E-state index < -0.39 is 5.97 Å². The average Bonchev–Trinajstić information content (AvgIpc) is 2.29. The van der Waals surface area contributed by atoms with Crippen molar-refractivity contribution in [2.75, 3.05) is 0 Å². The van der Waals surface area contributed by atoms with Gasteiger partial charge in [-0.15, -0.1) is 0 Å². The summed E-state index contributed by atoms with van der Waals surface area (Å²) in [6, 6.07) is 7.11. The maximum absolute atomic E-state index is 10.9. The smallest absolute Gasteiger partial charge is 0.296 e. The van der Waals surface area contributed by atoms with E-state index in [1.807, 2.05) is 12.1 Å². The molecular weight excluding hydrogens is 192 g/mol. The molecule has 1 N–H and O–H groups in total. The molecule has 0 aliphatic heterocycles. The summed E-state index contributed by atoms with van der Waals surface area (Å²) in [4.78, 5) is 14.5. The lowest BCUT2D eigenvalue weighted by Crippen LogP contribution is -2.01. The van der Waals surface area contributed by atoms with Crippen LogP contribution in [0, 0.1) is 0 Å². The molecule has 1 rings (SSSR count). The minimum Gasteiger partial charge on any atom is -0.296 e. The highest BCUT2D eigenvalue weighted by molar-refractivity contribution is 5.88. The van der Waals surface area contributed by atoms with Crippen LogP contribution in [0.5, 0.6) is 0 Å². The number of benzene rings is 1. The number of hydrogen-bond acceptors (Lipinski definition) is 3. The van der Waals surface area contributed by atoms with Crippen molar-refractivity contribution >= 4 is 5.97 Å². The van der Waals surface area contributed by atoms with Gasteiger partial charge in [-0.1, -0.05) is 31.9 Å². The maximum atomic E-state index is 10.9. The first-order chi connectivity index (χ1) is 7.27. The van der Waals surface area contributed by atoms with Gasteiger partial charge < -0.3 is 0 Å². The standard InChI is InChI=1S/C12H16O3/c1-2-3-4-5-10-6-8-11(9-7-10)12(13)15-14/h6-9,14H,2-5H2,1H3. The Kier molecular flexibility index (Phi) is 4.84. The third-order valence-corrected chi connectivity index (χ3v) is 2.34. The number of carbonyl (C=O) groups is 1. The maximum Gasteiger partial charge on any atom is 0.372 e. The second-order valence-corrected chi connectivity index (χ2v) is 3.53. The first kappa shape index (κ1) is 11.7. The lowest BCUT2D eigenvalue weighted by Gasteiger charge is -2.01. The van der Waals surface area contributed by atoms with Crippen LogP contribution in [0.25, 0.3) is 0 Å². The summed E-state index contributed by atoms with van der Waals surface area (Å²) in [7, 11) is 0. The van der Waals surface area contributed by atoms with Gasteiger partial charge >= 0.3 is 5.97 Å². The van der Waals surface area contributed by atoms with E-state index >= 15 is 0 Å². The Labute approximate surface area is 89.6 Å². The van der Waals surface area contributed by atoms with E-state index in [-0.39, 0.29) is 0 Å². The van der Waals surface area contributed by atoms with Crippen LogP contribution in [0.1, 0.15) is 42.1 Å². The van der Waals surface area contributed by atoms with Crippen LogP contribution in [0.3, 0.4) is 0 Å². The van der Waals surface area contributed by atoms with Crippen molar-refractivity contribution in [2.45, 2.75) is 32.6 Å². The predicted octanol–water partition coefficient (Wildman–Crippen LogP) is 3.05. The molecule has 0 spiro atoms. The highest BCUT2D eigenvalue weighted by atomic mass is 17.1. The summed E-state index contributed by atoms with van der Waals surface area (Å²) in [5.41, 5.74) is 1.58. The van der Waals surface area contributed by atoms with Crippen LogP contribution >= 0.6 is 0 Å². The Morgan fingerprint density at radius 3 is 2.47 bits per heavy atom. The molecule has 1 aromatic carbocycles. The monoisotopic (exact) mass is 208 g/mol. The molecule has 0 saturated carbocycles. The Balaban J connectivity index is 2.52. The Morgan fingerprint density at radius 2 is 1.93 bits per heavy atom. The third kappa shape index (κ3) is 3.72. The summed E-state index contributed by atoms with van der Waals surface area (Å²) in [5.74, 6) is -0.713. The SMILES string of the molecule is CCCCCc1ccc(C(=O)OO)cc1. The van der Waals surface area contributed by atoms with Crippen LogP contribution in [-0.2, 0) is 11.3 Å². The van der Waals surface area contributed by atoms with E-state index in [2.05, 4.69) is 11.8 Å². The van der Waals surface area contributed by atoms with Crippen molar-refractivity contribution in [1.29, 1.82) is 0 Å². The number of carbonyl (C=O) groups excluding carboxylic acids is 1. The third-order valence-electron chi connectivity index (χ3n) is 2.34. The van der Waals surface area contributed by atoms with Crippen molar-refractivity contribution in [3.05, 3.63) is 35.4 Å². The molecule has 0 fully saturated rings. The molecule has 0 atom stereocenters. The summed E-state index contributed by atoms with van der Waals surface area (Å²) in [6.07, 6.45) is 4.62. The Morgan fingerprint density at radius 1 is 1.27 bits per heavy atom. The lowest BCUT2D eigenvalue weighted by atomic mass is 10.1. The van der Waals surface area contributed by atoms with Crippen molar-refractivity contribution in [2.24, 2.45) is 0 Å². The van der Waals surface area contributed by atoms with Gasteiger partial charge in [0.1, 0.15) is 0 Å². The molecular formula is C12H16O3. The largest absolute Gasteiger partial charge is 0.372 e. The summed E-state index contributed by atoms with van der Waals surface area (Å²) in [5, 5.41) is 8.18. The lowest BCUT2D eigenvalue weighted by molar-refractivity contribution is -0.182. The Bertz CT molecular complexity index is 303. The van der Waals surface area contributed by atoms with Crippen molar-refractivity contribution in [3.63, 3.8) is 0 Å². The number of rotatable bonds is 5. The molecule has 0 saturated heterocycles. The number of unbranched alkanes of at least 4 members (excludes halogenated alkanes) is 2. The molecule has 0 aromatic heterocycles. The molecule has 15 heavy (non-hydrogen) atoms. The van der Waals surface area contributed by atoms with Gasteiger partial charge in [-0.25, -0.2) is 4.79 Å². The van der Waals surface area contributed by atoms with Crippen LogP contribution in [-0.4, -0.2) is 11.2 Å². The van der Waals surface area contributed by atoms with Gasteiger partial charge in [-0.3, -0.25) is 4.89 Å². The highest BCUT2D eigenvalue weighted by Crippen LogP contribution is 2.09. The van der Waals surface area contributed by atoms with Crippen LogP contribution in [0.2, 0.25) is 0 Å². The van der Waals surface area contributed by atoms with E-state index in [9.17, 15) is 4.79 Å². The molecule has 0 radical (unpaired) electrons. The second kappa shape index (κ2) is 6.19. The zero-order valence-electron chi connectivity index (χ0n) is 8.90. The number of hydrogen-bond donors (Lipinski definition) is 1. The zero-order valence-corrected chi connectivity index (χ0v) is 8.90. The van der Waals surface area contributed by atoms with E-state index in [0.717, 1.165) is 6.42 Å². The predicted molar refractivity (Wildman–Crippen MR) is 57.7 cm³/mol. The first-order valence-corrected chi connectivity index (χ1v) is 5.22. The fourth-order valence-corrected chi connectivity index (χ4v) is 1.44. The molecule has 3 heteroatoms. The van der Waals surface area contributed by atoms with Crippen LogP contribution in [0.4, 0.5) is 0 Å². The van der Waals surface area contributed by atoms with E-state index in [4.69, 9.17) is 5.26 Å². The van der Waals surface area contributed by atoms with E-state index in [0.29, 0.717) is 5.56 Å². The topological polar surface area (TPSA) is 46.5 Å². The van der Waals surface area contributed by atoms with Gasteiger partial charge in [0, 0.05) is 0 Å². The van der Waals surface area contributed by atoms with Gasteiger partial charge in [-0.2, -0.15) is 5.26 Å². The molecule has 0 aliphatic rings. The Hall–Kier alpha value is -1.35. The molecule has 0 unspecified atom stereocenters. The quantitative estimate of drug-likeness (QED) is 0.459. The van der Waals surface area contributed by atoms with Gasteiger partial charge in [0.2, 0.25) is 0 Å². The van der Waals surface area contributed by atoms with Crippen molar-refractivity contribution in [3.8, 4) is 0 Å². The van der Waals surface area contributed by atoms with E-state index in [1.54, 1.807) is 12.1 Å². The summed E-state index contributed by atoms with van der Waals surface area (Å²) < 4.78 is 0. The zero-order chi connectivity index (χ0) is 11.1. The summed E-state index contributed by atoms with van der Waals surface area (Å²) >= 11 is 0. The minimum atomic E-state index is -0.713. The van der Waals surface area contributed by atoms with Gasteiger partial charge in [-0.05, 0) is 30.5 Å². The normalized spacial score (nSPS) is 10.0. The van der Waals surface area contributed by atoms with Crippen molar-refractivity contribution in [1.82, 2.24) is 0 Å².